The second-order valence-corrected chi connectivity index (χ2v) is 3.55. The van der Waals surface area contributed by atoms with Gasteiger partial charge in [0.15, 0.2) is 0 Å². The topological polar surface area (TPSA) is 122 Å². The number of pyridine rings is 1. The molecule has 0 saturated carbocycles. The molecule has 8 heteroatoms. The highest BCUT2D eigenvalue weighted by atomic mass is 16.6. The maximum absolute atomic E-state index is 11.2. The normalized spacial score (nSPS) is 10.1. The zero-order valence-electron chi connectivity index (χ0n) is 9.36. The number of nitro groups is 1. The molecule has 1 heterocycles. The number of fused-ring (bicyclic) bond motifs is 1. The van der Waals surface area contributed by atoms with Gasteiger partial charge in [0.1, 0.15) is 5.69 Å². The van der Waals surface area contributed by atoms with Gasteiger partial charge in [0.05, 0.1) is 10.4 Å². The van der Waals surface area contributed by atoms with Crippen molar-refractivity contribution >= 4 is 34.2 Å². The number of aliphatic carboxylic acids is 1. The van der Waals surface area contributed by atoms with Crippen LogP contribution in [-0.2, 0) is 9.59 Å². The first-order chi connectivity index (χ1) is 9.00. The van der Waals surface area contributed by atoms with Crippen LogP contribution < -0.4 is 5.32 Å². The largest absolute Gasteiger partial charge is 0.474 e. The fourth-order valence-electron chi connectivity index (χ4n) is 1.59. The number of anilines is 1. The van der Waals surface area contributed by atoms with Crippen LogP contribution in [0.4, 0.5) is 11.4 Å². The number of rotatable bonds is 2. The average Bonchev–Trinajstić information content (AvgIpc) is 2.38. The fourth-order valence-corrected chi connectivity index (χ4v) is 1.59. The Morgan fingerprint density at radius 2 is 2.05 bits per heavy atom. The van der Waals surface area contributed by atoms with Crippen LogP contribution in [0.1, 0.15) is 0 Å². The van der Waals surface area contributed by atoms with Crippen molar-refractivity contribution in [2.24, 2.45) is 0 Å². The minimum absolute atomic E-state index is 0.178. The smallest absolute Gasteiger partial charge is 0.394 e. The lowest BCUT2D eigenvalue weighted by molar-refractivity contribution is -0.383. The van der Waals surface area contributed by atoms with E-state index in [0.717, 1.165) is 6.07 Å². The monoisotopic (exact) mass is 261 g/mol. The molecule has 2 aromatic rings. The van der Waals surface area contributed by atoms with Crippen molar-refractivity contribution in [1.82, 2.24) is 4.98 Å². The molecule has 1 aromatic heterocycles. The van der Waals surface area contributed by atoms with Crippen molar-refractivity contribution in [3.63, 3.8) is 0 Å². The lowest BCUT2D eigenvalue weighted by atomic mass is 10.1. The highest BCUT2D eigenvalue weighted by Gasteiger charge is 2.21. The third kappa shape index (κ3) is 2.32. The Morgan fingerprint density at radius 1 is 1.32 bits per heavy atom. The van der Waals surface area contributed by atoms with Gasteiger partial charge in [-0.05, 0) is 18.2 Å². The maximum Gasteiger partial charge on any atom is 0.394 e. The molecule has 0 aliphatic carbocycles. The van der Waals surface area contributed by atoms with Gasteiger partial charge in [-0.3, -0.25) is 19.9 Å². The summed E-state index contributed by atoms with van der Waals surface area (Å²) in [4.78, 5) is 35.9. The highest BCUT2D eigenvalue weighted by Crippen LogP contribution is 2.31. The van der Waals surface area contributed by atoms with E-state index in [0.29, 0.717) is 10.9 Å². The third-order valence-corrected chi connectivity index (χ3v) is 2.39. The van der Waals surface area contributed by atoms with E-state index in [-0.39, 0.29) is 5.69 Å². The molecule has 19 heavy (non-hydrogen) atoms. The molecule has 1 aromatic carbocycles. The van der Waals surface area contributed by atoms with Crippen LogP contribution in [0.3, 0.4) is 0 Å². The lowest BCUT2D eigenvalue weighted by Crippen LogP contribution is -2.22. The van der Waals surface area contributed by atoms with Crippen molar-refractivity contribution < 1.29 is 19.6 Å². The molecular formula is C11H7N3O5. The summed E-state index contributed by atoms with van der Waals surface area (Å²) in [5, 5.41) is 21.8. The summed E-state index contributed by atoms with van der Waals surface area (Å²) in [6, 6.07) is 5.62. The van der Waals surface area contributed by atoms with Gasteiger partial charge in [0.25, 0.3) is 5.69 Å². The van der Waals surface area contributed by atoms with Crippen LogP contribution in [0, 0.1) is 10.1 Å². The first-order valence-electron chi connectivity index (χ1n) is 5.07. The summed E-state index contributed by atoms with van der Waals surface area (Å²) < 4.78 is 0. The molecule has 0 saturated heterocycles. The molecule has 2 N–H and O–H groups in total. The Hall–Kier alpha value is -3.03. The number of nitro benzene ring substituents is 1. The number of amides is 1. The van der Waals surface area contributed by atoms with Gasteiger partial charge < -0.3 is 10.4 Å². The first-order valence-corrected chi connectivity index (χ1v) is 5.07. The van der Waals surface area contributed by atoms with E-state index in [1.807, 2.05) is 5.32 Å². The molecule has 0 radical (unpaired) electrons. The van der Waals surface area contributed by atoms with E-state index in [9.17, 15) is 19.7 Å². The van der Waals surface area contributed by atoms with Gasteiger partial charge in [0, 0.05) is 17.6 Å². The fraction of sp³-hybridized carbons (Fsp3) is 0. The van der Waals surface area contributed by atoms with Crippen molar-refractivity contribution in [2.45, 2.75) is 0 Å². The van der Waals surface area contributed by atoms with Gasteiger partial charge in [-0.1, -0.05) is 0 Å². The molecule has 0 bridgehead atoms. The number of benzene rings is 1. The molecule has 0 unspecified atom stereocenters. The molecule has 1 amide bonds. The number of carbonyl (C=O) groups is 2. The second-order valence-electron chi connectivity index (χ2n) is 3.55. The predicted octanol–water partition coefficient (Wildman–Crippen LogP) is 1.17. The molecule has 0 aliphatic heterocycles. The van der Waals surface area contributed by atoms with Crippen LogP contribution in [0.2, 0.25) is 0 Å². The number of carboxylic acid groups (broad SMARTS) is 1. The number of hydrogen-bond donors (Lipinski definition) is 2. The summed E-state index contributed by atoms with van der Waals surface area (Å²) in [5.41, 5.74) is -0.160. The number of hydrogen-bond acceptors (Lipinski definition) is 5. The van der Waals surface area contributed by atoms with Crippen LogP contribution in [0.15, 0.2) is 30.5 Å². The van der Waals surface area contributed by atoms with E-state index in [4.69, 9.17) is 5.11 Å². The van der Waals surface area contributed by atoms with E-state index >= 15 is 0 Å². The van der Waals surface area contributed by atoms with Crippen LogP contribution in [-0.4, -0.2) is 26.9 Å². The zero-order valence-corrected chi connectivity index (χ0v) is 9.36. The number of carbonyl (C=O) groups excluding carboxylic acids is 1. The quantitative estimate of drug-likeness (QED) is 0.475. The third-order valence-electron chi connectivity index (χ3n) is 2.39. The minimum atomic E-state index is -1.73. The molecule has 96 valence electrons. The Bertz CT molecular complexity index is 698. The van der Waals surface area contributed by atoms with Gasteiger partial charge in [-0.2, -0.15) is 0 Å². The first kappa shape index (κ1) is 12.4. The molecule has 0 fully saturated rings. The standard InChI is InChI=1S/C11H7N3O5/c15-10(11(16)17)13-9-6-2-1-5-12-7(6)3-4-8(9)14(18)19/h1-5H,(H,13,15)(H,16,17). The number of carboxylic acids is 1. The van der Waals surface area contributed by atoms with Crippen LogP contribution in [0.25, 0.3) is 10.9 Å². The zero-order chi connectivity index (χ0) is 14.0. The molecular weight excluding hydrogens is 254 g/mol. The van der Waals surface area contributed by atoms with E-state index in [1.165, 1.54) is 24.4 Å². The van der Waals surface area contributed by atoms with Crippen molar-refractivity contribution in [3.05, 3.63) is 40.6 Å². The summed E-state index contributed by atoms with van der Waals surface area (Å²) in [5.74, 6) is -3.07. The number of nitrogens with zero attached hydrogens (tertiary/aromatic N) is 2. The maximum atomic E-state index is 11.2. The van der Waals surface area contributed by atoms with Crippen molar-refractivity contribution in [1.29, 1.82) is 0 Å². The molecule has 0 aliphatic rings. The Kier molecular flexibility index (Phi) is 3.06. The van der Waals surface area contributed by atoms with Crippen LogP contribution in [0.5, 0.6) is 0 Å². The molecule has 0 atom stereocenters. The molecule has 0 spiro atoms. The van der Waals surface area contributed by atoms with Crippen LogP contribution >= 0.6 is 0 Å². The summed E-state index contributed by atoms with van der Waals surface area (Å²) >= 11 is 0. The van der Waals surface area contributed by atoms with E-state index in [2.05, 4.69) is 4.98 Å². The Balaban J connectivity index is 2.65. The van der Waals surface area contributed by atoms with E-state index in [1.54, 1.807) is 0 Å². The SMILES string of the molecule is O=C(O)C(=O)Nc1c([N+](=O)[O-])ccc2ncccc12. The number of aromatic nitrogens is 1. The van der Waals surface area contributed by atoms with Gasteiger partial charge in [-0.25, -0.2) is 4.79 Å². The lowest BCUT2D eigenvalue weighted by Gasteiger charge is -2.07. The molecule has 2 rings (SSSR count). The summed E-state index contributed by atoms with van der Waals surface area (Å²) in [6.45, 7) is 0. The van der Waals surface area contributed by atoms with Crippen molar-refractivity contribution in [2.75, 3.05) is 5.32 Å². The average molecular weight is 261 g/mol. The van der Waals surface area contributed by atoms with Gasteiger partial charge in [0.2, 0.25) is 0 Å². The van der Waals surface area contributed by atoms with Gasteiger partial charge >= 0.3 is 11.9 Å². The number of nitrogens with one attached hydrogen (secondary N) is 1. The van der Waals surface area contributed by atoms with E-state index < -0.39 is 22.5 Å². The van der Waals surface area contributed by atoms with Crippen molar-refractivity contribution in [3.8, 4) is 0 Å². The van der Waals surface area contributed by atoms with Gasteiger partial charge in [-0.15, -0.1) is 0 Å². The predicted molar refractivity (Wildman–Crippen MR) is 64.7 cm³/mol. The molecule has 8 nitrogen and oxygen atoms in total. The Labute approximate surface area is 105 Å². The summed E-state index contributed by atoms with van der Waals surface area (Å²) in [7, 11) is 0. The highest BCUT2D eigenvalue weighted by molar-refractivity contribution is 6.37. The summed E-state index contributed by atoms with van der Waals surface area (Å²) in [6.07, 6.45) is 1.48. The second kappa shape index (κ2) is 4.69. The minimum Gasteiger partial charge on any atom is -0.474 e. The Morgan fingerprint density at radius 3 is 2.68 bits per heavy atom.